The lowest BCUT2D eigenvalue weighted by atomic mass is 9.97. The van der Waals surface area contributed by atoms with Gasteiger partial charge in [0, 0.05) is 6.42 Å². The summed E-state index contributed by atoms with van der Waals surface area (Å²) in [5, 5.41) is 2.32. The fraction of sp³-hybridized carbons (Fsp3) is 0.886. The molecule has 0 unspecified atom stereocenters. The summed E-state index contributed by atoms with van der Waals surface area (Å²) in [6.45, 7) is 5.79. The summed E-state index contributed by atoms with van der Waals surface area (Å²) in [7, 11) is 3.94. The van der Waals surface area contributed by atoms with Gasteiger partial charge in [-0.25, -0.2) is 4.79 Å². The molecule has 0 radical (unpaired) electrons. The first-order valence-electron chi connectivity index (χ1n) is 17.3. The summed E-state index contributed by atoms with van der Waals surface area (Å²) in [5.41, 5.74) is 1.70. The monoisotopic (exact) mass is 565 g/mol. The van der Waals surface area contributed by atoms with E-state index in [1.54, 1.807) is 5.57 Å². The Morgan fingerprint density at radius 2 is 1.07 bits per heavy atom. The smallest absolute Gasteiger partial charge is 0.413 e. The Kier molecular flexibility index (Phi) is 29.6. The second-order valence-corrected chi connectivity index (χ2v) is 12.1. The quantitative estimate of drug-likeness (QED) is 0.0725. The first kappa shape index (κ1) is 38.6. The third-order valence-electron chi connectivity index (χ3n) is 7.72. The summed E-state index contributed by atoms with van der Waals surface area (Å²) in [5.74, 6) is -0.256. The highest BCUT2D eigenvalue weighted by molar-refractivity contribution is 5.91. The molecule has 0 bridgehead atoms. The number of allylic oxidation sites excluding steroid dienone is 2. The maximum absolute atomic E-state index is 11.8. The molecule has 0 aliphatic rings. The van der Waals surface area contributed by atoms with Crippen molar-refractivity contribution in [3.63, 3.8) is 0 Å². The van der Waals surface area contributed by atoms with Crippen LogP contribution in [0.2, 0.25) is 0 Å². The van der Waals surface area contributed by atoms with Gasteiger partial charge in [-0.3, -0.25) is 10.1 Å². The molecule has 0 spiro atoms. The van der Waals surface area contributed by atoms with Gasteiger partial charge in [0.2, 0.25) is 5.91 Å². The van der Waals surface area contributed by atoms with E-state index in [-0.39, 0.29) is 5.91 Å². The average molecular weight is 565 g/mol. The summed E-state index contributed by atoms with van der Waals surface area (Å²) in [6, 6.07) is 0. The standard InChI is InChI=1S/C35H68N2O3/c1-5-7-9-11-13-15-18-22-27-33(28-23-19-16-14-12-10-8-6-2)29-24-20-17-21-25-32-40-35(39)36-34(38)30-26-31-37(3)4/h29H,5-28,30-32H2,1-4H3,(H,36,38,39). The van der Waals surface area contributed by atoms with Gasteiger partial charge < -0.3 is 9.64 Å². The Morgan fingerprint density at radius 3 is 1.60 bits per heavy atom. The Labute approximate surface area is 249 Å². The summed E-state index contributed by atoms with van der Waals surface area (Å²) in [6.07, 6.45) is 33.3. The predicted octanol–water partition coefficient (Wildman–Crippen LogP) is 10.5. The van der Waals surface area contributed by atoms with Gasteiger partial charge in [-0.05, 0) is 72.0 Å². The number of alkyl carbamates (subject to hydrolysis) is 1. The minimum Gasteiger partial charge on any atom is -0.449 e. The molecule has 236 valence electrons. The Hall–Kier alpha value is -1.36. The Morgan fingerprint density at radius 1 is 0.600 bits per heavy atom. The second-order valence-electron chi connectivity index (χ2n) is 12.1. The van der Waals surface area contributed by atoms with E-state index in [9.17, 15) is 9.59 Å². The molecule has 5 nitrogen and oxygen atoms in total. The van der Waals surface area contributed by atoms with E-state index < -0.39 is 6.09 Å². The number of hydrogen-bond donors (Lipinski definition) is 1. The largest absolute Gasteiger partial charge is 0.449 e. The first-order valence-corrected chi connectivity index (χ1v) is 17.3. The summed E-state index contributed by atoms with van der Waals surface area (Å²) >= 11 is 0. The van der Waals surface area contributed by atoms with E-state index in [0.717, 1.165) is 32.2 Å². The molecule has 40 heavy (non-hydrogen) atoms. The number of nitrogens with one attached hydrogen (secondary N) is 1. The number of unbranched alkanes of at least 4 members (excludes halogenated alkanes) is 18. The van der Waals surface area contributed by atoms with E-state index >= 15 is 0 Å². The van der Waals surface area contributed by atoms with Crippen molar-refractivity contribution in [3.05, 3.63) is 11.6 Å². The molecule has 0 aromatic heterocycles. The van der Waals surface area contributed by atoms with Crippen molar-refractivity contribution in [1.29, 1.82) is 0 Å². The van der Waals surface area contributed by atoms with Gasteiger partial charge in [-0.2, -0.15) is 0 Å². The molecular formula is C35H68N2O3. The fourth-order valence-electron chi connectivity index (χ4n) is 5.14. The van der Waals surface area contributed by atoms with Crippen LogP contribution in [0.15, 0.2) is 11.6 Å². The minimum atomic E-state index is -0.607. The van der Waals surface area contributed by atoms with Crippen LogP contribution in [-0.4, -0.2) is 44.1 Å². The number of ether oxygens (including phenoxy) is 1. The number of hydrogen-bond acceptors (Lipinski definition) is 4. The zero-order valence-corrected chi connectivity index (χ0v) is 27.3. The molecule has 0 rings (SSSR count). The molecule has 2 amide bonds. The van der Waals surface area contributed by atoms with Gasteiger partial charge in [0.05, 0.1) is 6.61 Å². The van der Waals surface area contributed by atoms with Crippen molar-refractivity contribution in [3.8, 4) is 0 Å². The van der Waals surface area contributed by atoms with E-state index in [1.165, 1.54) is 128 Å². The van der Waals surface area contributed by atoms with Gasteiger partial charge in [-0.15, -0.1) is 0 Å². The van der Waals surface area contributed by atoms with Gasteiger partial charge in [0.25, 0.3) is 0 Å². The van der Waals surface area contributed by atoms with E-state index in [1.807, 2.05) is 19.0 Å². The molecule has 0 aliphatic heterocycles. The van der Waals surface area contributed by atoms with Crippen molar-refractivity contribution in [1.82, 2.24) is 10.2 Å². The van der Waals surface area contributed by atoms with Crippen LogP contribution < -0.4 is 5.32 Å². The van der Waals surface area contributed by atoms with E-state index in [4.69, 9.17) is 4.74 Å². The average Bonchev–Trinajstić information content (AvgIpc) is 2.92. The third-order valence-corrected chi connectivity index (χ3v) is 7.72. The van der Waals surface area contributed by atoms with Crippen LogP contribution in [0.5, 0.6) is 0 Å². The predicted molar refractivity (Wildman–Crippen MR) is 173 cm³/mol. The molecule has 0 saturated heterocycles. The maximum Gasteiger partial charge on any atom is 0.413 e. The highest BCUT2D eigenvalue weighted by Crippen LogP contribution is 2.20. The van der Waals surface area contributed by atoms with Crippen LogP contribution in [-0.2, 0) is 9.53 Å². The number of nitrogens with zero attached hydrogens (tertiary/aromatic N) is 1. The molecule has 0 aliphatic carbocycles. The van der Waals surface area contributed by atoms with Crippen LogP contribution >= 0.6 is 0 Å². The van der Waals surface area contributed by atoms with Crippen molar-refractivity contribution >= 4 is 12.0 Å². The van der Waals surface area contributed by atoms with Crippen LogP contribution in [0.4, 0.5) is 4.79 Å². The normalized spacial score (nSPS) is 11.1. The lowest BCUT2D eigenvalue weighted by Gasteiger charge is -2.09. The lowest BCUT2D eigenvalue weighted by molar-refractivity contribution is -0.120. The first-order chi connectivity index (χ1) is 19.5. The SMILES string of the molecule is CCCCCCCCCCC(=CCCCCCCOC(=O)NC(=O)CCCN(C)C)CCCCCCCCCC. The maximum atomic E-state index is 11.8. The summed E-state index contributed by atoms with van der Waals surface area (Å²) in [4.78, 5) is 25.5. The molecular weight excluding hydrogens is 496 g/mol. The minimum absolute atomic E-state index is 0.256. The second kappa shape index (κ2) is 30.6. The van der Waals surface area contributed by atoms with Crippen LogP contribution in [0.1, 0.15) is 174 Å². The zero-order chi connectivity index (χ0) is 29.5. The lowest BCUT2D eigenvalue weighted by Crippen LogP contribution is -2.31. The van der Waals surface area contributed by atoms with Crippen molar-refractivity contribution in [2.24, 2.45) is 0 Å². The highest BCUT2D eigenvalue weighted by atomic mass is 16.5. The number of carbonyl (C=O) groups is 2. The molecule has 0 saturated carbocycles. The van der Waals surface area contributed by atoms with Crippen molar-refractivity contribution < 1.29 is 14.3 Å². The highest BCUT2D eigenvalue weighted by Gasteiger charge is 2.08. The topological polar surface area (TPSA) is 58.6 Å². The molecule has 0 fully saturated rings. The Bertz CT molecular complexity index is 581. The van der Waals surface area contributed by atoms with Crippen molar-refractivity contribution in [2.75, 3.05) is 27.2 Å². The van der Waals surface area contributed by atoms with Crippen LogP contribution in [0.25, 0.3) is 0 Å². The number of rotatable bonds is 29. The van der Waals surface area contributed by atoms with E-state index in [0.29, 0.717) is 13.0 Å². The van der Waals surface area contributed by atoms with Gasteiger partial charge in [0.1, 0.15) is 0 Å². The molecule has 0 heterocycles. The Balaban J connectivity index is 4.07. The van der Waals surface area contributed by atoms with Crippen LogP contribution in [0, 0.1) is 0 Å². The fourth-order valence-corrected chi connectivity index (χ4v) is 5.14. The summed E-state index contributed by atoms with van der Waals surface area (Å²) < 4.78 is 5.17. The van der Waals surface area contributed by atoms with E-state index in [2.05, 4.69) is 25.2 Å². The molecule has 1 N–H and O–H groups in total. The molecule has 0 aromatic rings. The third kappa shape index (κ3) is 29.6. The molecule has 0 atom stereocenters. The van der Waals surface area contributed by atoms with Crippen LogP contribution in [0.3, 0.4) is 0 Å². The number of imide groups is 1. The zero-order valence-electron chi connectivity index (χ0n) is 27.3. The van der Waals surface area contributed by atoms with Gasteiger partial charge in [0.15, 0.2) is 0 Å². The van der Waals surface area contributed by atoms with Crippen molar-refractivity contribution in [2.45, 2.75) is 174 Å². The van der Waals surface area contributed by atoms with Gasteiger partial charge >= 0.3 is 6.09 Å². The number of carbonyl (C=O) groups excluding carboxylic acids is 2. The molecule has 5 heteroatoms. The van der Waals surface area contributed by atoms with Gasteiger partial charge in [-0.1, -0.05) is 128 Å². The molecule has 0 aromatic carbocycles. The number of amides is 2.